The summed E-state index contributed by atoms with van der Waals surface area (Å²) in [6.45, 7) is 1.93. The molecule has 0 aliphatic rings. The van der Waals surface area contributed by atoms with Gasteiger partial charge in [-0.2, -0.15) is 0 Å². The van der Waals surface area contributed by atoms with E-state index in [2.05, 4.69) is 5.32 Å². The Morgan fingerprint density at radius 1 is 1.05 bits per heavy atom. The maximum atomic E-state index is 12.9. The highest BCUT2D eigenvalue weighted by molar-refractivity contribution is 5.85. The number of nitrogens with one attached hydrogen (secondary N) is 1. The number of hydrogen-bond acceptors (Lipinski definition) is 2. The lowest BCUT2D eigenvalue weighted by atomic mass is 10.1. The van der Waals surface area contributed by atoms with Crippen molar-refractivity contribution < 1.29 is 13.6 Å². The van der Waals surface area contributed by atoms with E-state index in [0.29, 0.717) is 0 Å². The molecule has 0 unspecified atom stereocenters. The zero-order chi connectivity index (χ0) is 14.5. The molecule has 0 aliphatic carbocycles. The van der Waals surface area contributed by atoms with Gasteiger partial charge in [0.2, 0.25) is 0 Å². The molecule has 0 radical (unpaired) electrons. The average Bonchev–Trinajstić information content (AvgIpc) is 2.40. The molecule has 0 spiro atoms. The van der Waals surface area contributed by atoms with Crippen LogP contribution in [0.4, 0.5) is 14.5 Å². The molecule has 0 saturated heterocycles. The summed E-state index contributed by atoms with van der Waals surface area (Å²) < 4.78 is 25.7. The Balaban J connectivity index is 1.90. The lowest BCUT2D eigenvalue weighted by molar-refractivity contribution is -0.116. The fourth-order valence-electron chi connectivity index (χ4n) is 1.91. The summed E-state index contributed by atoms with van der Waals surface area (Å²) in [6, 6.07) is 10.2. The third-order valence-electron chi connectivity index (χ3n) is 2.98. The number of hydrogen-bond donors (Lipinski definition) is 1. The van der Waals surface area contributed by atoms with Gasteiger partial charge in [0.1, 0.15) is 11.6 Å². The zero-order valence-corrected chi connectivity index (χ0v) is 11.1. The van der Waals surface area contributed by atoms with Crippen LogP contribution in [0.25, 0.3) is 0 Å². The molecule has 20 heavy (non-hydrogen) atoms. The van der Waals surface area contributed by atoms with Gasteiger partial charge < -0.3 is 5.32 Å². The maximum Gasteiger partial charge on any atom is 0.156 e. The Morgan fingerprint density at radius 3 is 2.35 bits per heavy atom. The first-order valence-corrected chi connectivity index (χ1v) is 6.31. The van der Waals surface area contributed by atoms with Crippen LogP contribution in [0.2, 0.25) is 0 Å². The molecule has 2 rings (SSSR count). The van der Waals surface area contributed by atoms with Gasteiger partial charge in [0.15, 0.2) is 5.78 Å². The normalized spacial score (nSPS) is 10.3. The quantitative estimate of drug-likeness (QED) is 0.905. The molecule has 2 aromatic rings. The Labute approximate surface area is 116 Å². The fourth-order valence-corrected chi connectivity index (χ4v) is 1.91. The number of halogens is 2. The summed E-state index contributed by atoms with van der Waals surface area (Å²) in [7, 11) is 0. The van der Waals surface area contributed by atoms with Crippen LogP contribution in [0.1, 0.15) is 11.1 Å². The lowest BCUT2D eigenvalue weighted by Gasteiger charge is -2.09. The van der Waals surface area contributed by atoms with Gasteiger partial charge in [0.25, 0.3) is 0 Å². The number of benzene rings is 2. The average molecular weight is 275 g/mol. The van der Waals surface area contributed by atoms with Gasteiger partial charge in [0, 0.05) is 12.1 Å². The number of carbonyl (C=O) groups is 1. The Morgan fingerprint density at radius 2 is 1.70 bits per heavy atom. The summed E-state index contributed by atoms with van der Waals surface area (Å²) in [5, 5.41) is 2.98. The number of aryl methyl sites for hydroxylation is 1. The molecule has 0 atom stereocenters. The van der Waals surface area contributed by atoms with Crippen LogP contribution in [-0.2, 0) is 11.2 Å². The molecule has 104 valence electrons. The smallest absolute Gasteiger partial charge is 0.156 e. The molecule has 0 fully saturated rings. The molecule has 2 aromatic carbocycles. The SMILES string of the molecule is Cc1cc(F)ccc1NCC(=O)Cc1ccc(F)cc1. The highest BCUT2D eigenvalue weighted by Gasteiger charge is 2.05. The van der Waals surface area contributed by atoms with Crippen molar-refractivity contribution in [3.8, 4) is 0 Å². The van der Waals surface area contributed by atoms with Gasteiger partial charge in [-0.05, 0) is 48.4 Å². The molecule has 1 N–H and O–H groups in total. The van der Waals surface area contributed by atoms with Crippen LogP contribution in [0.5, 0.6) is 0 Å². The van der Waals surface area contributed by atoms with E-state index >= 15 is 0 Å². The zero-order valence-electron chi connectivity index (χ0n) is 11.1. The van der Waals surface area contributed by atoms with E-state index in [9.17, 15) is 13.6 Å². The first kappa shape index (κ1) is 14.2. The summed E-state index contributed by atoms with van der Waals surface area (Å²) in [5.74, 6) is -0.632. The van der Waals surface area contributed by atoms with Crippen molar-refractivity contribution >= 4 is 11.5 Å². The largest absolute Gasteiger partial charge is 0.378 e. The summed E-state index contributed by atoms with van der Waals surface area (Å²) in [4.78, 5) is 11.8. The summed E-state index contributed by atoms with van der Waals surface area (Å²) >= 11 is 0. The minimum absolute atomic E-state index is 0.0136. The Hall–Kier alpha value is -2.23. The molecule has 0 amide bonds. The maximum absolute atomic E-state index is 12.9. The number of carbonyl (C=O) groups excluding carboxylic acids is 1. The lowest BCUT2D eigenvalue weighted by Crippen LogP contribution is -2.16. The molecule has 0 aromatic heterocycles. The Kier molecular flexibility index (Phi) is 4.45. The Bertz CT molecular complexity index is 608. The van der Waals surface area contributed by atoms with E-state index in [0.717, 1.165) is 16.8 Å². The number of anilines is 1. The van der Waals surface area contributed by atoms with Gasteiger partial charge in [-0.3, -0.25) is 4.79 Å². The molecule has 0 bridgehead atoms. The topological polar surface area (TPSA) is 29.1 Å². The first-order valence-electron chi connectivity index (χ1n) is 6.31. The van der Waals surface area contributed by atoms with E-state index in [1.165, 1.54) is 24.3 Å². The predicted molar refractivity (Wildman–Crippen MR) is 74.7 cm³/mol. The minimum Gasteiger partial charge on any atom is -0.378 e. The van der Waals surface area contributed by atoms with Crippen LogP contribution in [-0.4, -0.2) is 12.3 Å². The van der Waals surface area contributed by atoms with Gasteiger partial charge in [-0.1, -0.05) is 12.1 Å². The summed E-state index contributed by atoms with van der Waals surface area (Å²) in [6.07, 6.45) is 0.244. The molecular formula is C16H15F2NO. The molecule has 0 heterocycles. The summed E-state index contributed by atoms with van der Waals surface area (Å²) in [5.41, 5.74) is 2.26. The van der Waals surface area contributed by atoms with Gasteiger partial charge in [-0.15, -0.1) is 0 Å². The highest BCUT2D eigenvalue weighted by Crippen LogP contribution is 2.15. The second-order valence-corrected chi connectivity index (χ2v) is 4.65. The minimum atomic E-state index is -0.318. The van der Waals surface area contributed by atoms with E-state index in [-0.39, 0.29) is 30.4 Å². The van der Waals surface area contributed by atoms with Crippen molar-refractivity contribution in [3.05, 3.63) is 65.2 Å². The van der Waals surface area contributed by atoms with E-state index in [1.807, 2.05) is 0 Å². The third-order valence-corrected chi connectivity index (χ3v) is 2.98. The van der Waals surface area contributed by atoms with Crippen molar-refractivity contribution in [2.45, 2.75) is 13.3 Å². The number of rotatable bonds is 5. The van der Waals surface area contributed by atoms with Crippen LogP contribution in [0, 0.1) is 18.6 Å². The van der Waals surface area contributed by atoms with Crippen molar-refractivity contribution in [1.82, 2.24) is 0 Å². The van der Waals surface area contributed by atoms with E-state index in [1.54, 1.807) is 25.1 Å². The van der Waals surface area contributed by atoms with Crippen molar-refractivity contribution in [3.63, 3.8) is 0 Å². The van der Waals surface area contributed by atoms with Crippen LogP contribution >= 0.6 is 0 Å². The van der Waals surface area contributed by atoms with Gasteiger partial charge in [-0.25, -0.2) is 8.78 Å². The molecule has 0 saturated carbocycles. The molecule has 4 heteroatoms. The van der Waals surface area contributed by atoms with E-state index in [4.69, 9.17) is 0 Å². The van der Waals surface area contributed by atoms with Crippen LogP contribution in [0.15, 0.2) is 42.5 Å². The van der Waals surface area contributed by atoms with Gasteiger partial charge >= 0.3 is 0 Å². The molecular weight excluding hydrogens is 260 g/mol. The van der Waals surface area contributed by atoms with Crippen LogP contribution < -0.4 is 5.32 Å². The second kappa shape index (κ2) is 6.28. The number of ketones is 1. The van der Waals surface area contributed by atoms with Crippen LogP contribution in [0.3, 0.4) is 0 Å². The monoisotopic (exact) mass is 275 g/mol. The van der Waals surface area contributed by atoms with Crippen molar-refractivity contribution in [2.75, 3.05) is 11.9 Å². The predicted octanol–water partition coefficient (Wildman–Crippen LogP) is 3.50. The van der Waals surface area contributed by atoms with Gasteiger partial charge in [0.05, 0.1) is 6.54 Å². The van der Waals surface area contributed by atoms with Crippen molar-refractivity contribution in [2.24, 2.45) is 0 Å². The molecule has 2 nitrogen and oxygen atoms in total. The first-order chi connectivity index (χ1) is 9.54. The van der Waals surface area contributed by atoms with E-state index < -0.39 is 0 Å². The number of Topliss-reactive ketones (excluding diaryl/α,β-unsaturated/α-hetero) is 1. The third kappa shape index (κ3) is 3.88. The van der Waals surface area contributed by atoms with Crippen molar-refractivity contribution in [1.29, 1.82) is 0 Å². The highest BCUT2D eigenvalue weighted by atomic mass is 19.1. The fraction of sp³-hybridized carbons (Fsp3) is 0.188. The molecule has 0 aliphatic heterocycles. The second-order valence-electron chi connectivity index (χ2n) is 4.65. The standard InChI is InChI=1S/C16H15F2NO/c1-11-8-14(18)6-7-16(11)19-10-15(20)9-12-2-4-13(17)5-3-12/h2-8,19H,9-10H2,1H3.